The summed E-state index contributed by atoms with van der Waals surface area (Å²) >= 11 is 0. The minimum absolute atomic E-state index is 0.221. The highest BCUT2D eigenvalue weighted by atomic mass is 16.4. The predicted octanol–water partition coefficient (Wildman–Crippen LogP) is 0.946. The van der Waals surface area contributed by atoms with E-state index in [0.29, 0.717) is 5.89 Å². The van der Waals surface area contributed by atoms with Gasteiger partial charge in [0.25, 0.3) is 0 Å². The molecule has 1 heterocycles. The Labute approximate surface area is 65.3 Å². The molecule has 11 heavy (non-hydrogen) atoms. The van der Waals surface area contributed by atoms with Crippen molar-refractivity contribution in [3.63, 3.8) is 0 Å². The van der Waals surface area contributed by atoms with Crippen LogP contribution in [0.2, 0.25) is 0 Å². The standard InChI is InChI=1S/C7H12N2O2/c1-6(3-2-4-10)7-9-8-5-11-7/h5-6,10H,2-4H2,1H3. The van der Waals surface area contributed by atoms with Gasteiger partial charge in [0.15, 0.2) is 0 Å². The summed E-state index contributed by atoms with van der Waals surface area (Å²) in [7, 11) is 0. The van der Waals surface area contributed by atoms with Crippen LogP contribution in [0.1, 0.15) is 31.6 Å². The minimum Gasteiger partial charge on any atom is -0.428 e. The van der Waals surface area contributed by atoms with Crippen LogP contribution in [-0.2, 0) is 0 Å². The molecule has 0 bridgehead atoms. The average molecular weight is 156 g/mol. The van der Waals surface area contributed by atoms with Crippen LogP contribution >= 0.6 is 0 Å². The van der Waals surface area contributed by atoms with Gasteiger partial charge in [-0.15, -0.1) is 10.2 Å². The molecule has 4 nitrogen and oxygen atoms in total. The van der Waals surface area contributed by atoms with E-state index in [9.17, 15) is 0 Å². The second-order valence-corrected chi connectivity index (χ2v) is 2.54. The second-order valence-electron chi connectivity index (χ2n) is 2.54. The van der Waals surface area contributed by atoms with E-state index >= 15 is 0 Å². The second kappa shape index (κ2) is 4.08. The van der Waals surface area contributed by atoms with Gasteiger partial charge in [0.05, 0.1) is 0 Å². The largest absolute Gasteiger partial charge is 0.428 e. The fourth-order valence-electron chi connectivity index (χ4n) is 0.917. The third-order valence-corrected chi connectivity index (χ3v) is 1.59. The van der Waals surface area contributed by atoms with E-state index in [-0.39, 0.29) is 12.5 Å². The summed E-state index contributed by atoms with van der Waals surface area (Å²) in [4.78, 5) is 0. The molecular formula is C7H12N2O2. The molecule has 0 amide bonds. The van der Waals surface area contributed by atoms with Crippen molar-refractivity contribution in [2.45, 2.75) is 25.7 Å². The van der Waals surface area contributed by atoms with E-state index in [1.165, 1.54) is 6.39 Å². The van der Waals surface area contributed by atoms with Crippen LogP contribution in [0.4, 0.5) is 0 Å². The Morgan fingerprint density at radius 1 is 1.73 bits per heavy atom. The zero-order valence-electron chi connectivity index (χ0n) is 6.53. The van der Waals surface area contributed by atoms with Crippen molar-refractivity contribution in [1.82, 2.24) is 10.2 Å². The Morgan fingerprint density at radius 3 is 3.09 bits per heavy atom. The summed E-state index contributed by atoms with van der Waals surface area (Å²) in [5.74, 6) is 0.906. The topological polar surface area (TPSA) is 59.2 Å². The van der Waals surface area contributed by atoms with Crippen molar-refractivity contribution >= 4 is 0 Å². The summed E-state index contributed by atoms with van der Waals surface area (Å²) in [6.07, 6.45) is 2.99. The molecule has 62 valence electrons. The summed E-state index contributed by atoms with van der Waals surface area (Å²) in [5.41, 5.74) is 0. The van der Waals surface area contributed by atoms with E-state index in [0.717, 1.165) is 12.8 Å². The number of aliphatic hydroxyl groups is 1. The van der Waals surface area contributed by atoms with Gasteiger partial charge in [-0.05, 0) is 12.8 Å². The molecule has 1 atom stereocenters. The number of hydrogen-bond acceptors (Lipinski definition) is 4. The Morgan fingerprint density at radius 2 is 2.55 bits per heavy atom. The molecule has 1 aromatic heterocycles. The van der Waals surface area contributed by atoms with E-state index in [2.05, 4.69) is 10.2 Å². The molecule has 0 saturated carbocycles. The van der Waals surface area contributed by atoms with E-state index in [4.69, 9.17) is 9.52 Å². The fraction of sp³-hybridized carbons (Fsp3) is 0.714. The van der Waals surface area contributed by atoms with Crippen LogP contribution in [0.25, 0.3) is 0 Å². The van der Waals surface area contributed by atoms with Crippen LogP contribution in [0.15, 0.2) is 10.8 Å². The van der Waals surface area contributed by atoms with Gasteiger partial charge in [0.1, 0.15) is 0 Å². The molecule has 4 heteroatoms. The Hall–Kier alpha value is -0.900. The van der Waals surface area contributed by atoms with Crippen LogP contribution in [-0.4, -0.2) is 21.9 Å². The van der Waals surface area contributed by atoms with Gasteiger partial charge in [0, 0.05) is 12.5 Å². The van der Waals surface area contributed by atoms with Gasteiger partial charge in [-0.2, -0.15) is 0 Å². The molecule has 0 aliphatic heterocycles. The maximum absolute atomic E-state index is 8.55. The molecule has 0 fully saturated rings. The zero-order chi connectivity index (χ0) is 8.10. The van der Waals surface area contributed by atoms with E-state index in [1.807, 2.05) is 6.92 Å². The third kappa shape index (κ3) is 2.31. The van der Waals surface area contributed by atoms with Gasteiger partial charge in [-0.25, -0.2) is 0 Å². The Bertz CT molecular complexity index is 186. The molecule has 0 aliphatic rings. The first kappa shape index (κ1) is 8.20. The molecule has 0 spiro atoms. The fourth-order valence-corrected chi connectivity index (χ4v) is 0.917. The van der Waals surface area contributed by atoms with Crippen LogP contribution in [0.3, 0.4) is 0 Å². The van der Waals surface area contributed by atoms with Gasteiger partial charge < -0.3 is 9.52 Å². The molecule has 0 aliphatic carbocycles. The van der Waals surface area contributed by atoms with Crippen molar-refractivity contribution in [2.24, 2.45) is 0 Å². The van der Waals surface area contributed by atoms with Gasteiger partial charge >= 0.3 is 0 Å². The lowest BCUT2D eigenvalue weighted by Gasteiger charge is -2.02. The molecule has 0 radical (unpaired) electrons. The molecule has 1 aromatic rings. The average Bonchev–Trinajstić information content (AvgIpc) is 2.52. The lowest BCUT2D eigenvalue weighted by molar-refractivity contribution is 0.277. The lowest BCUT2D eigenvalue weighted by atomic mass is 10.1. The van der Waals surface area contributed by atoms with Gasteiger partial charge in [-0.1, -0.05) is 6.92 Å². The molecule has 1 unspecified atom stereocenters. The summed E-state index contributed by atoms with van der Waals surface area (Å²) < 4.78 is 4.99. The minimum atomic E-state index is 0.221. The van der Waals surface area contributed by atoms with Crippen molar-refractivity contribution in [1.29, 1.82) is 0 Å². The number of rotatable bonds is 4. The number of hydrogen-bond donors (Lipinski definition) is 1. The van der Waals surface area contributed by atoms with Crippen LogP contribution < -0.4 is 0 Å². The molecular weight excluding hydrogens is 144 g/mol. The van der Waals surface area contributed by atoms with Gasteiger partial charge in [0.2, 0.25) is 12.3 Å². The highest BCUT2D eigenvalue weighted by Gasteiger charge is 2.09. The number of aliphatic hydroxyl groups excluding tert-OH is 1. The quantitative estimate of drug-likeness (QED) is 0.705. The zero-order valence-corrected chi connectivity index (χ0v) is 6.53. The molecule has 0 aromatic carbocycles. The van der Waals surface area contributed by atoms with Crippen molar-refractivity contribution < 1.29 is 9.52 Å². The van der Waals surface area contributed by atoms with E-state index in [1.54, 1.807) is 0 Å². The van der Waals surface area contributed by atoms with Crippen molar-refractivity contribution in [3.8, 4) is 0 Å². The third-order valence-electron chi connectivity index (χ3n) is 1.59. The first-order valence-electron chi connectivity index (χ1n) is 3.71. The van der Waals surface area contributed by atoms with Crippen molar-refractivity contribution in [3.05, 3.63) is 12.3 Å². The lowest BCUT2D eigenvalue weighted by Crippen LogP contribution is -1.95. The maximum Gasteiger partial charge on any atom is 0.219 e. The van der Waals surface area contributed by atoms with Gasteiger partial charge in [-0.3, -0.25) is 0 Å². The van der Waals surface area contributed by atoms with E-state index < -0.39 is 0 Å². The summed E-state index contributed by atoms with van der Waals surface area (Å²) in [5, 5.41) is 15.9. The maximum atomic E-state index is 8.55. The van der Waals surface area contributed by atoms with Crippen LogP contribution in [0.5, 0.6) is 0 Å². The number of aromatic nitrogens is 2. The monoisotopic (exact) mass is 156 g/mol. The SMILES string of the molecule is CC(CCCO)c1nnco1. The first-order valence-corrected chi connectivity index (χ1v) is 3.71. The highest BCUT2D eigenvalue weighted by Crippen LogP contribution is 2.16. The molecule has 0 saturated heterocycles. The van der Waals surface area contributed by atoms with Crippen molar-refractivity contribution in [2.75, 3.05) is 6.61 Å². The Balaban J connectivity index is 2.36. The smallest absolute Gasteiger partial charge is 0.219 e. The normalized spacial score (nSPS) is 13.3. The highest BCUT2D eigenvalue weighted by molar-refractivity contribution is 4.84. The molecule has 1 N–H and O–H groups in total. The number of nitrogens with zero attached hydrogens (tertiary/aromatic N) is 2. The summed E-state index contributed by atoms with van der Waals surface area (Å²) in [6.45, 7) is 2.22. The first-order chi connectivity index (χ1) is 5.34. The summed E-state index contributed by atoms with van der Waals surface area (Å²) in [6, 6.07) is 0. The predicted molar refractivity (Wildman–Crippen MR) is 39.0 cm³/mol. The molecule has 1 rings (SSSR count). The van der Waals surface area contributed by atoms with Crippen LogP contribution in [0, 0.1) is 0 Å². The Kier molecular flexibility index (Phi) is 3.04.